The Morgan fingerprint density at radius 3 is 2.58 bits per heavy atom. The van der Waals surface area contributed by atoms with Gasteiger partial charge >= 0.3 is 0 Å². The fourth-order valence-electron chi connectivity index (χ4n) is 4.34. The van der Waals surface area contributed by atoms with Gasteiger partial charge in [0.15, 0.2) is 0 Å². The lowest BCUT2D eigenvalue weighted by Gasteiger charge is -2.36. The Morgan fingerprint density at radius 1 is 1.00 bits per heavy atom. The van der Waals surface area contributed by atoms with Gasteiger partial charge in [0.2, 0.25) is 5.91 Å². The number of hydrogen-bond acceptors (Lipinski definition) is 3. The molecule has 0 spiro atoms. The molecule has 2 aromatic carbocycles. The topological polar surface area (TPSA) is 32.8 Å². The van der Waals surface area contributed by atoms with E-state index in [4.69, 9.17) is 4.74 Å². The van der Waals surface area contributed by atoms with Gasteiger partial charge in [-0.1, -0.05) is 18.2 Å². The lowest BCUT2D eigenvalue weighted by Crippen LogP contribution is -2.36. The van der Waals surface area contributed by atoms with E-state index in [1.54, 1.807) is 7.11 Å². The molecule has 0 aromatic heterocycles. The Bertz CT molecular complexity index is 844. The largest absolute Gasteiger partial charge is 0.496 e. The molecule has 0 fully saturated rings. The van der Waals surface area contributed by atoms with Crippen molar-refractivity contribution in [3.8, 4) is 5.75 Å². The Balaban J connectivity index is 1.84. The maximum Gasteiger partial charge on any atom is 0.231 e. The summed E-state index contributed by atoms with van der Waals surface area (Å²) in [6.07, 6.45) is 4.42. The minimum absolute atomic E-state index is 0.186. The third kappa shape index (κ3) is 2.78. The molecule has 1 aliphatic carbocycles. The van der Waals surface area contributed by atoms with Gasteiger partial charge in [-0.15, -0.1) is 0 Å². The van der Waals surface area contributed by atoms with E-state index in [9.17, 15) is 4.79 Å². The van der Waals surface area contributed by atoms with E-state index in [1.807, 2.05) is 17.0 Å². The van der Waals surface area contributed by atoms with Crippen molar-refractivity contribution < 1.29 is 9.53 Å². The van der Waals surface area contributed by atoms with Crippen LogP contribution in [0.3, 0.4) is 0 Å². The molecule has 0 saturated carbocycles. The Hall–Kier alpha value is -2.33. The number of likely N-dealkylation sites (N-methyl/N-ethyl adjacent to an activating group) is 1. The van der Waals surface area contributed by atoms with Crippen LogP contribution in [0.5, 0.6) is 5.75 Å². The molecule has 0 saturated heterocycles. The molecule has 1 aliphatic heterocycles. The summed E-state index contributed by atoms with van der Waals surface area (Å²) in [7, 11) is 6.00. The number of amides is 1. The molecule has 0 N–H and O–H groups in total. The molecule has 1 heterocycles. The number of carbonyl (C=O) groups excluding carboxylic acids is 1. The van der Waals surface area contributed by atoms with Crippen molar-refractivity contribution in [3.05, 3.63) is 53.1 Å². The zero-order valence-electron chi connectivity index (χ0n) is 15.8. The fourth-order valence-corrected chi connectivity index (χ4v) is 4.34. The van der Waals surface area contributed by atoms with Crippen LogP contribution in [-0.4, -0.2) is 38.1 Å². The summed E-state index contributed by atoms with van der Waals surface area (Å²) in [5.41, 5.74) is 5.85. The Morgan fingerprint density at radius 2 is 1.81 bits per heavy atom. The van der Waals surface area contributed by atoms with Gasteiger partial charge in [-0.3, -0.25) is 9.69 Å². The quantitative estimate of drug-likeness (QED) is 0.846. The van der Waals surface area contributed by atoms with Crippen molar-refractivity contribution >= 4 is 17.3 Å². The van der Waals surface area contributed by atoms with Crippen LogP contribution in [-0.2, 0) is 24.1 Å². The molecule has 2 aliphatic rings. The number of para-hydroxylation sites is 1. The normalized spacial score (nSPS) is 19.3. The molecule has 1 atom stereocenters. The smallest absolute Gasteiger partial charge is 0.231 e. The first-order chi connectivity index (χ1) is 12.6. The highest BCUT2D eigenvalue weighted by atomic mass is 16.5. The fraction of sp³-hybridized carbons (Fsp3) is 0.409. The molecule has 0 bridgehead atoms. The van der Waals surface area contributed by atoms with Gasteiger partial charge < -0.3 is 9.64 Å². The molecule has 2 aromatic rings. The van der Waals surface area contributed by atoms with Crippen LogP contribution in [0.25, 0.3) is 0 Å². The van der Waals surface area contributed by atoms with E-state index in [2.05, 4.69) is 43.3 Å². The van der Waals surface area contributed by atoms with Crippen LogP contribution in [0.2, 0.25) is 0 Å². The summed E-state index contributed by atoms with van der Waals surface area (Å²) in [5.74, 6) is 1.12. The summed E-state index contributed by atoms with van der Waals surface area (Å²) < 4.78 is 5.66. The minimum Gasteiger partial charge on any atom is -0.496 e. The van der Waals surface area contributed by atoms with E-state index in [0.717, 1.165) is 42.8 Å². The predicted molar refractivity (Wildman–Crippen MR) is 104 cm³/mol. The summed E-state index contributed by atoms with van der Waals surface area (Å²) in [6.45, 7) is 0. The van der Waals surface area contributed by atoms with Gasteiger partial charge in [0.05, 0.1) is 18.5 Å². The monoisotopic (exact) mass is 350 g/mol. The molecule has 4 nitrogen and oxygen atoms in total. The molecule has 136 valence electrons. The number of rotatable bonds is 3. The highest BCUT2D eigenvalue weighted by Crippen LogP contribution is 2.42. The van der Waals surface area contributed by atoms with E-state index in [1.165, 1.54) is 16.7 Å². The summed E-state index contributed by atoms with van der Waals surface area (Å²) in [6, 6.07) is 12.9. The minimum atomic E-state index is 0.186. The third-order valence-electron chi connectivity index (χ3n) is 5.81. The van der Waals surface area contributed by atoms with Crippen molar-refractivity contribution in [2.24, 2.45) is 0 Å². The second-order valence-electron chi connectivity index (χ2n) is 7.46. The van der Waals surface area contributed by atoms with Crippen LogP contribution in [0.1, 0.15) is 29.5 Å². The maximum absolute atomic E-state index is 12.9. The molecular formula is C22H26N2O2. The van der Waals surface area contributed by atoms with E-state index >= 15 is 0 Å². The molecular weight excluding hydrogens is 324 g/mol. The summed E-state index contributed by atoms with van der Waals surface area (Å²) in [4.78, 5) is 17.1. The van der Waals surface area contributed by atoms with Gasteiger partial charge in [-0.05, 0) is 69.1 Å². The average Bonchev–Trinajstić information content (AvgIpc) is 2.67. The van der Waals surface area contributed by atoms with Crippen molar-refractivity contribution in [3.63, 3.8) is 0 Å². The van der Waals surface area contributed by atoms with Crippen LogP contribution >= 0.6 is 0 Å². The number of methoxy groups -OCH3 is 1. The van der Waals surface area contributed by atoms with Crippen molar-refractivity contribution in [1.29, 1.82) is 0 Å². The van der Waals surface area contributed by atoms with E-state index < -0.39 is 0 Å². The number of carbonyl (C=O) groups is 1. The SMILES string of the molecule is COc1ccc(N2C(=O)CCc3ccccc32)c2c1C[C@@H](N(C)C)CC2. The van der Waals surface area contributed by atoms with Gasteiger partial charge in [0.25, 0.3) is 0 Å². The number of fused-ring (bicyclic) bond motifs is 2. The van der Waals surface area contributed by atoms with Gasteiger partial charge in [-0.25, -0.2) is 0 Å². The first-order valence-electron chi connectivity index (χ1n) is 9.36. The van der Waals surface area contributed by atoms with Gasteiger partial charge in [-0.2, -0.15) is 0 Å². The zero-order chi connectivity index (χ0) is 18.3. The molecule has 1 amide bonds. The number of anilines is 2. The van der Waals surface area contributed by atoms with Crippen LogP contribution in [0.4, 0.5) is 11.4 Å². The highest BCUT2D eigenvalue weighted by Gasteiger charge is 2.31. The van der Waals surface area contributed by atoms with Gasteiger partial charge in [0, 0.05) is 18.0 Å². The third-order valence-corrected chi connectivity index (χ3v) is 5.81. The number of hydrogen-bond donors (Lipinski definition) is 0. The van der Waals surface area contributed by atoms with Crippen molar-refractivity contribution in [2.45, 2.75) is 38.1 Å². The molecule has 4 heteroatoms. The molecule has 4 rings (SSSR count). The van der Waals surface area contributed by atoms with E-state index in [-0.39, 0.29) is 5.91 Å². The van der Waals surface area contributed by atoms with Gasteiger partial charge in [0.1, 0.15) is 5.75 Å². The highest BCUT2D eigenvalue weighted by molar-refractivity contribution is 6.04. The lowest BCUT2D eigenvalue weighted by atomic mass is 9.85. The Kier molecular flexibility index (Phi) is 4.45. The molecule has 26 heavy (non-hydrogen) atoms. The number of nitrogens with zero attached hydrogens (tertiary/aromatic N) is 2. The number of benzene rings is 2. The summed E-state index contributed by atoms with van der Waals surface area (Å²) >= 11 is 0. The van der Waals surface area contributed by atoms with Crippen LogP contribution in [0.15, 0.2) is 36.4 Å². The first-order valence-corrected chi connectivity index (χ1v) is 9.36. The van der Waals surface area contributed by atoms with E-state index in [0.29, 0.717) is 12.5 Å². The number of ether oxygens (including phenoxy) is 1. The lowest BCUT2D eigenvalue weighted by molar-refractivity contribution is -0.118. The Labute approximate surface area is 155 Å². The predicted octanol–water partition coefficient (Wildman–Crippen LogP) is 3.73. The average molecular weight is 350 g/mol. The second kappa shape index (κ2) is 6.76. The second-order valence-corrected chi connectivity index (χ2v) is 7.46. The first kappa shape index (κ1) is 17.1. The molecule has 0 radical (unpaired) electrons. The summed E-state index contributed by atoms with van der Waals surface area (Å²) in [5, 5.41) is 0. The molecule has 0 unspecified atom stereocenters. The van der Waals surface area contributed by atoms with Crippen LogP contribution in [0, 0.1) is 0 Å². The van der Waals surface area contributed by atoms with Crippen molar-refractivity contribution in [2.75, 3.05) is 26.1 Å². The standard InChI is InChI=1S/C22H26N2O2/c1-23(2)16-9-10-17-18(14-16)21(26-3)12-11-20(17)24-19-7-5-4-6-15(19)8-13-22(24)25/h4-7,11-12,16H,8-10,13-14H2,1-3H3/t16-/m0/s1. The number of aryl methyl sites for hydroxylation is 1. The zero-order valence-corrected chi connectivity index (χ0v) is 15.8. The van der Waals surface area contributed by atoms with Crippen LogP contribution < -0.4 is 9.64 Å². The van der Waals surface area contributed by atoms with Crippen molar-refractivity contribution in [1.82, 2.24) is 4.90 Å². The maximum atomic E-state index is 12.9.